The van der Waals surface area contributed by atoms with Gasteiger partial charge in [0.1, 0.15) is 0 Å². The summed E-state index contributed by atoms with van der Waals surface area (Å²) in [4.78, 5) is 12.4. The first-order valence-electron chi connectivity index (χ1n) is 9.49. The second-order valence-corrected chi connectivity index (χ2v) is 9.47. The van der Waals surface area contributed by atoms with E-state index in [1.54, 1.807) is 0 Å². The average molecular weight is 334 g/mol. The topological polar surface area (TPSA) is 55.8 Å². The van der Waals surface area contributed by atoms with Gasteiger partial charge < -0.3 is 14.6 Å². The Morgan fingerprint density at radius 3 is 2.67 bits per heavy atom. The minimum Gasteiger partial charge on any atom is -0.435 e. The van der Waals surface area contributed by atoms with Crippen molar-refractivity contribution in [1.82, 2.24) is 0 Å². The smallest absolute Gasteiger partial charge is 0.315 e. The normalized spacial score (nSPS) is 47.4. The van der Waals surface area contributed by atoms with Gasteiger partial charge in [-0.2, -0.15) is 0 Å². The number of aliphatic hydroxyl groups is 1. The first-order chi connectivity index (χ1) is 11.2. The molecule has 0 aromatic rings. The molecule has 6 atom stereocenters. The van der Waals surface area contributed by atoms with Crippen LogP contribution in [0.25, 0.3) is 0 Å². The molecule has 0 bridgehead atoms. The van der Waals surface area contributed by atoms with Crippen LogP contribution in [-0.2, 0) is 14.3 Å². The highest BCUT2D eigenvalue weighted by atomic mass is 16.7. The van der Waals surface area contributed by atoms with Gasteiger partial charge in [-0.05, 0) is 55.4 Å². The Bertz CT molecular complexity index is 592. The first-order valence-corrected chi connectivity index (χ1v) is 9.49. The van der Waals surface area contributed by atoms with Crippen molar-refractivity contribution in [3.05, 3.63) is 11.1 Å². The van der Waals surface area contributed by atoms with Gasteiger partial charge in [0.2, 0.25) is 6.29 Å². The van der Waals surface area contributed by atoms with Gasteiger partial charge in [0, 0.05) is 5.92 Å². The Labute approximate surface area is 144 Å². The van der Waals surface area contributed by atoms with Crippen molar-refractivity contribution in [2.24, 2.45) is 28.6 Å². The van der Waals surface area contributed by atoms with Gasteiger partial charge in [-0.3, -0.25) is 4.79 Å². The van der Waals surface area contributed by atoms with Crippen molar-refractivity contribution in [3.8, 4) is 0 Å². The van der Waals surface area contributed by atoms with E-state index in [9.17, 15) is 9.90 Å². The summed E-state index contributed by atoms with van der Waals surface area (Å²) < 4.78 is 11.1. The molecule has 4 aliphatic rings. The number of carbonyl (C=O) groups is 1. The first kappa shape index (κ1) is 16.6. The summed E-state index contributed by atoms with van der Waals surface area (Å²) in [5.41, 5.74) is 3.22. The van der Waals surface area contributed by atoms with Crippen LogP contribution in [0.3, 0.4) is 0 Å². The van der Waals surface area contributed by atoms with Gasteiger partial charge in [0.15, 0.2) is 6.29 Å². The molecule has 2 saturated heterocycles. The lowest BCUT2D eigenvalue weighted by Crippen LogP contribution is -2.44. The highest BCUT2D eigenvalue weighted by molar-refractivity contribution is 5.77. The molecule has 0 amide bonds. The molecule has 2 aliphatic carbocycles. The minimum absolute atomic E-state index is 0.0540. The van der Waals surface area contributed by atoms with E-state index in [0.717, 1.165) is 12.8 Å². The fraction of sp³-hybridized carbons (Fsp3) is 0.850. The lowest BCUT2D eigenvalue weighted by Gasteiger charge is -2.49. The largest absolute Gasteiger partial charge is 0.435 e. The zero-order chi connectivity index (χ0) is 17.3. The van der Waals surface area contributed by atoms with E-state index in [4.69, 9.17) is 9.47 Å². The Morgan fingerprint density at radius 1 is 1.21 bits per heavy atom. The maximum atomic E-state index is 12.4. The van der Waals surface area contributed by atoms with E-state index in [1.165, 1.54) is 36.8 Å². The molecule has 0 aromatic heterocycles. The van der Waals surface area contributed by atoms with Gasteiger partial charge in [0.05, 0.1) is 11.8 Å². The van der Waals surface area contributed by atoms with E-state index in [2.05, 4.69) is 20.8 Å². The van der Waals surface area contributed by atoms with Crippen molar-refractivity contribution >= 4 is 5.97 Å². The van der Waals surface area contributed by atoms with E-state index in [0.29, 0.717) is 5.41 Å². The van der Waals surface area contributed by atoms with Gasteiger partial charge >= 0.3 is 5.97 Å². The summed E-state index contributed by atoms with van der Waals surface area (Å²) in [6.07, 6.45) is 5.42. The van der Waals surface area contributed by atoms with E-state index in [1.807, 2.05) is 6.92 Å². The molecule has 0 unspecified atom stereocenters. The standard InChI is InChI=1S/C20H30O4/c1-11-14-13(20(4)9-5-8-19(2,3)10-20)7-6-12-15(14)18(23-16(11)21)24-17(12)22/h11-12,15,17-18,22H,5-10H2,1-4H3/t11-,12-,15-,17-,18-,20+/m1/s1. The van der Waals surface area contributed by atoms with E-state index >= 15 is 0 Å². The SMILES string of the molecule is C[C@H]1C(=O)O[C@@H]2O[C@@H](O)[C@@H]3CCC([C@@]4(C)CCCC(C)(C)C4)=C1[C@H]23. The highest BCUT2D eigenvalue weighted by Gasteiger charge is 2.56. The lowest BCUT2D eigenvalue weighted by atomic mass is 9.56. The molecule has 0 spiro atoms. The number of esters is 1. The zero-order valence-corrected chi connectivity index (χ0v) is 15.3. The Balaban J connectivity index is 1.80. The second kappa shape index (κ2) is 5.31. The van der Waals surface area contributed by atoms with Crippen molar-refractivity contribution in [2.75, 3.05) is 0 Å². The molecular weight excluding hydrogens is 304 g/mol. The molecule has 0 radical (unpaired) electrons. The number of hydrogen-bond donors (Lipinski definition) is 1. The lowest BCUT2D eigenvalue weighted by molar-refractivity contribution is -0.209. The number of carbonyl (C=O) groups excluding carboxylic acids is 1. The number of rotatable bonds is 1. The highest BCUT2D eigenvalue weighted by Crippen LogP contribution is 2.58. The summed E-state index contributed by atoms with van der Waals surface area (Å²) in [6, 6.07) is 0. The van der Waals surface area contributed by atoms with Gasteiger partial charge in [-0.25, -0.2) is 0 Å². The van der Waals surface area contributed by atoms with Gasteiger partial charge in [-0.15, -0.1) is 0 Å². The molecule has 4 heteroatoms. The van der Waals surface area contributed by atoms with Crippen LogP contribution in [0.2, 0.25) is 0 Å². The summed E-state index contributed by atoms with van der Waals surface area (Å²) in [6.45, 7) is 9.10. The van der Waals surface area contributed by atoms with Crippen LogP contribution in [0.1, 0.15) is 66.2 Å². The number of aliphatic hydroxyl groups excluding tert-OH is 1. The third-order valence-electron chi connectivity index (χ3n) is 7.06. The number of ether oxygens (including phenoxy) is 2. The maximum absolute atomic E-state index is 12.4. The molecule has 2 aliphatic heterocycles. The van der Waals surface area contributed by atoms with Crippen LogP contribution >= 0.6 is 0 Å². The second-order valence-electron chi connectivity index (χ2n) is 9.47. The Morgan fingerprint density at radius 2 is 1.96 bits per heavy atom. The minimum atomic E-state index is -0.801. The van der Waals surface area contributed by atoms with Crippen LogP contribution in [0.5, 0.6) is 0 Å². The molecule has 3 fully saturated rings. The molecule has 134 valence electrons. The van der Waals surface area contributed by atoms with E-state index in [-0.39, 0.29) is 29.1 Å². The summed E-state index contributed by atoms with van der Waals surface area (Å²) >= 11 is 0. The van der Waals surface area contributed by atoms with Crippen LogP contribution in [0, 0.1) is 28.6 Å². The number of hydrogen-bond acceptors (Lipinski definition) is 4. The Hall–Kier alpha value is -0.870. The van der Waals surface area contributed by atoms with Crippen molar-refractivity contribution < 1.29 is 19.4 Å². The molecular formula is C20H30O4. The average Bonchev–Trinajstić information content (AvgIpc) is 2.80. The summed E-state index contributed by atoms with van der Waals surface area (Å²) in [5.74, 6) is -0.278. The van der Waals surface area contributed by atoms with Crippen LogP contribution in [0.15, 0.2) is 11.1 Å². The summed E-state index contributed by atoms with van der Waals surface area (Å²) in [7, 11) is 0. The zero-order valence-electron chi connectivity index (χ0n) is 15.3. The summed E-state index contributed by atoms with van der Waals surface area (Å²) in [5, 5.41) is 10.3. The molecule has 1 saturated carbocycles. The van der Waals surface area contributed by atoms with Crippen LogP contribution in [-0.4, -0.2) is 23.7 Å². The molecule has 0 aromatic carbocycles. The maximum Gasteiger partial charge on any atom is 0.315 e. The Kier molecular flexibility index (Phi) is 3.67. The van der Waals surface area contributed by atoms with Gasteiger partial charge in [-0.1, -0.05) is 32.8 Å². The van der Waals surface area contributed by atoms with Crippen molar-refractivity contribution in [2.45, 2.75) is 78.8 Å². The van der Waals surface area contributed by atoms with Crippen LogP contribution < -0.4 is 0 Å². The predicted molar refractivity (Wildman–Crippen MR) is 89.7 cm³/mol. The van der Waals surface area contributed by atoms with Gasteiger partial charge in [0.25, 0.3) is 0 Å². The van der Waals surface area contributed by atoms with E-state index < -0.39 is 12.6 Å². The fourth-order valence-corrected chi connectivity index (χ4v) is 6.15. The van der Waals surface area contributed by atoms with Crippen molar-refractivity contribution in [3.63, 3.8) is 0 Å². The molecule has 4 rings (SSSR count). The third kappa shape index (κ3) is 2.37. The molecule has 24 heavy (non-hydrogen) atoms. The molecule has 4 nitrogen and oxygen atoms in total. The quantitative estimate of drug-likeness (QED) is 0.585. The monoisotopic (exact) mass is 334 g/mol. The fourth-order valence-electron chi connectivity index (χ4n) is 6.15. The van der Waals surface area contributed by atoms with Crippen molar-refractivity contribution in [1.29, 1.82) is 0 Å². The molecule has 2 heterocycles. The molecule has 1 N–H and O–H groups in total. The number of allylic oxidation sites excluding steroid dienone is 1. The predicted octanol–water partition coefficient (Wildman–Crippen LogP) is 3.78. The van der Waals surface area contributed by atoms with Crippen LogP contribution in [0.4, 0.5) is 0 Å². The third-order valence-corrected chi connectivity index (χ3v) is 7.06.